The van der Waals surface area contributed by atoms with Crippen molar-refractivity contribution in [2.75, 3.05) is 26.2 Å². The van der Waals surface area contributed by atoms with Gasteiger partial charge in [-0.3, -0.25) is 4.79 Å². The van der Waals surface area contributed by atoms with Crippen LogP contribution in [-0.4, -0.2) is 60.4 Å². The van der Waals surface area contributed by atoms with Gasteiger partial charge in [-0.25, -0.2) is 8.42 Å². The van der Waals surface area contributed by atoms with E-state index >= 15 is 0 Å². The van der Waals surface area contributed by atoms with Crippen molar-refractivity contribution in [3.8, 4) is 6.07 Å². The summed E-state index contributed by atoms with van der Waals surface area (Å²) in [5.74, 6) is -0.357. The van der Waals surface area contributed by atoms with E-state index in [2.05, 4.69) is 0 Å². The number of nitriles is 1. The Morgan fingerprint density at radius 2 is 1.80 bits per heavy atom. The largest absolute Gasteiger partial charge is 0.380 e. The van der Waals surface area contributed by atoms with E-state index < -0.39 is 15.6 Å². The highest BCUT2D eigenvalue weighted by Gasteiger charge is 2.37. The average molecular weight is 365 g/mol. The maximum Gasteiger partial charge on any atom is 0.254 e. The molecule has 0 radical (unpaired) electrons. The highest BCUT2D eigenvalue weighted by Crippen LogP contribution is 2.21. The molecular formula is C17H23N3O4S. The van der Waals surface area contributed by atoms with Crippen molar-refractivity contribution in [1.82, 2.24) is 9.21 Å². The van der Waals surface area contributed by atoms with Gasteiger partial charge >= 0.3 is 0 Å². The molecule has 1 aliphatic rings. The monoisotopic (exact) mass is 365 g/mol. The van der Waals surface area contributed by atoms with Gasteiger partial charge in [-0.1, -0.05) is 13.3 Å². The van der Waals surface area contributed by atoms with Crippen molar-refractivity contribution in [2.24, 2.45) is 0 Å². The number of sulfonamides is 1. The van der Waals surface area contributed by atoms with Crippen molar-refractivity contribution in [3.63, 3.8) is 0 Å². The van der Waals surface area contributed by atoms with Crippen LogP contribution in [0.3, 0.4) is 0 Å². The second kappa shape index (κ2) is 7.52. The number of aliphatic hydroxyl groups is 1. The SMILES string of the molecule is CCCC(C)(O)C(=O)N1CCN(S(=O)(=O)c2ccc(C#N)cc2)CC1. The Labute approximate surface area is 148 Å². The molecule has 2 rings (SSSR count). The zero-order chi connectivity index (χ0) is 18.7. The second-order valence-corrected chi connectivity index (χ2v) is 8.29. The van der Waals surface area contributed by atoms with Crippen molar-refractivity contribution < 1.29 is 18.3 Å². The van der Waals surface area contributed by atoms with E-state index in [1.165, 1.54) is 40.4 Å². The predicted octanol–water partition coefficient (Wildman–Crippen LogP) is 0.942. The Kier molecular flexibility index (Phi) is 5.83. The van der Waals surface area contributed by atoms with Crippen molar-refractivity contribution in [2.45, 2.75) is 37.2 Å². The molecule has 0 aliphatic carbocycles. The molecule has 1 aromatic rings. The minimum atomic E-state index is -3.66. The first-order valence-corrected chi connectivity index (χ1v) is 9.68. The number of rotatable bonds is 5. The molecule has 1 aliphatic heterocycles. The predicted molar refractivity (Wildman–Crippen MR) is 92.0 cm³/mol. The number of piperazine rings is 1. The van der Waals surface area contributed by atoms with Gasteiger partial charge in [0.15, 0.2) is 0 Å². The summed E-state index contributed by atoms with van der Waals surface area (Å²) in [6, 6.07) is 7.71. The van der Waals surface area contributed by atoms with Gasteiger partial charge in [0.25, 0.3) is 5.91 Å². The van der Waals surface area contributed by atoms with E-state index in [9.17, 15) is 18.3 Å². The molecule has 1 amide bonds. The van der Waals surface area contributed by atoms with Crippen LogP contribution in [0.2, 0.25) is 0 Å². The highest BCUT2D eigenvalue weighted by atomic mass is 32.2. The number of carbonyl (C=O) groups is 1. The first-order chi connectivity index (χ1) is 11.7. The summed E-state index contributed by atoms with van der Waals surface area (Å²) in [7, 11) is -3.66. The molecule has 1 aromatic carbocycles. The van der Waals surface area contributed by atoms with Crippen LogP contribution in [-0.2, 0) is 14.8 Å². The molecule has 0 bridgehead atoms. The Hall–Kier alpha value is -1.95. The number of benzene rings is 1. The first-order valence-electron chi connectivity index (χ1n) is 8.24. The summed E-state index contributed by atoms with van der Waals surface area (Å²) >= 11 is 0. The summed E-state index contributed by atoms with van der Waals surface area (Å²) in [5.41, 5.74) is -1.02. The third-order valence-electron chi connectivity index (χ3n) is 4.34. The topological polar surface area (TPSA) is 102 Å². The molecule has 8 heteroatoms. The highest BCUT2D eigenvalue weighted by molar-refractivity contribution is 7.89. The lowest BCUT2D eigenvalue weighted by Crippen LogP contribution is -2.55. The summed E-state index contributed by atoms with van der Waals surface area (Å²) in [5, 5.41) is 19.0. The molecule has 1 heterocycles. The van der Waals surface area contributed by atoms with Gasteiger partial charge in [0, 0.05) is 26.2 Å². The molecule has 1 saturated heterocycles. The maximum absolute atomic E-state index is 12.7. The van der Waals surface area contributed by atoms with Gasteiger partial charge in [0.05, 0.1) is 16.5 Å². The van der Waals surface area contributed by atoms with Crippen LogP contribution in [0.15, 0.2) is 29.2 Å². The zero-order valence-electron chi connectivity index (χ0n) is 14.5. The Balaban J connectivity index is 2.06. The van der Waals surface area contributed by atoms with Gasteiger partial charge < -0.3 is 10.0 Å². The van der Waals surface area contributed by atoms with E-state index in [1.807, 2.05) is 13.0 Å². The average Bonchev–Trinajstić information content (AvgIpc) is 2.61. The van der Waals surface area contributed by atoms with Crippen LogP contribution < -0.4 is 0 Å². The summed E-state index contributed by atoms with van der Waals surface area (Å²) in [4.78, 5) is 14.0. The Bertz CT molecular complexity index is 758. The molecule has 1 N–H and O–H groups in total. The normalized spacial score (nSPS) is 18.4. The fourth-order valence-corrected chi connectivity index (χ4v) is 4.34. The van der Waals surface area contributed by atoms with E-state index in [1.54, 1.807) is 0 Å². The van der Waals surface area contributed by atoms with E-state index in [0.717, 1.165) is 0 Å². The zero-order valence-corrected chi connectivity index (χ0v) is 15.3. The van der Waals surface area contributed by atoms with E-state index in [4.69, 9.17) is 5.26 Å². The molecule has 25 heavy (non-hydrogen) atoms. The fraction of sp³-hybridized carbons (Fsp3) is 0.529. The molecule has 136 valence electrons. The van der Waals surface area contributed by atoms with E-state index in [0.29, 0.717) is 18.4 Å². The summed E-state index contributed by atoms with van der Waals surface area (Å²) in [6.07, 6.45) is 1.06. The second-order valence-electron chi connectivity index (χ2n) is 6.36. The molecule has 0 spiro atoms. The number of hydrogen-bond donors (Lipinski definition) is 1. The van der Waals surface area contributed by atoms with Crippen LogP contribution in [0.5, 0.6) is 0 Å². The number of hydrogen-bond acceptors (Lipinski definition) is 5. The lowest BCUT2D eigenvalue weighted by atomic mass is 9.98. The third-order valence-corrected chi connectivity index (χ3v) is 6.26. The van der Waals surface area contributed by atoms with Gasteiger partial charge in [-0.05, 0) is 37.6 Å². The number of nitrogens with zero attached hydrogens (tertiary/aromatic N) is 3. The summed E-state index contributed by atoms with van der Waals surface area (Å²) in [6.45, 7) is 4.23. The minimum absolute atomic E-state index is 0.129. The van der Waals surface area contributed by atoms with Crippen molar-refractivity contribution >= 4 is 15.9 Å². The van der Waals surface area contributed by atoms with Gasteiger partial charge in [0.2, 0.25) is 10.0 Å². The van der Waals surface area contributed by atoms with Gasteiger partial charge in [-0.15, -0.1) is 0 Å². The van der Waals surface area contributed by atoms with Gasteiger partial charge in [-0.2, -0.15) is 9.57 Å². The molecule has 1 atom stereocenters. The van der Waals surface area contributed by atoms with Crippen LogP contribution >= 0.6 is 0 Å². The van der Waals surface area contributed by atoms with Crippen LogP contribution in [0.1, 0.15) is 32.3 Å². The van der Waals surface area contributed by atoms with Crippen LogP contribution in [0.25, 0.3) is 0 Å². The molecule has 0 saturated carbocycles. The molecule has 1 fully saturated rings. The minimum Gasteiger partial charge on any atom is -0.380 e. The summed E-state index contributed by atoms with van der Waals surface area (Å²) < 4.78 is 26.6. The Morgan fingerprint density at radius 1 is 1.24 bits per heavy atom. The maximum atomic E-state index is 12.7. The fourth-order valence-electron chi connectivity index (χ4n) is 2.92. The van der Waals surface area contributed by atoms with Crippen molar-refractivity contribution in [3.05, 3.63) is 29.8 Å². The Morgan fingerprint density at radius 3 is 2.28 bits per heavy atom. The molecule has 0 aromatic heterocycles. The number of amides is 1. The van der Waals surface area contributed by atoms with Crippen LogP contribution in [0, 0.1) is 11.3 Å². The van der Waals surface area contributed by atoms with E-state index in [-0.39, 0.29) is 37.0 Å². The quantitative estimate of drug-likeness (QED) is 0.837. The van der Waals surface area contributed by atoms with Gasteiger partial charge in [0.1, 0.15) is 5.60 Å². The smallest absolute Gasteiger partial charge is 0.254 e. The first kappa shape index (κ1) is 19.4. The molecule has 7 nitrogen and oxygen atoms in total. The molecular weight excluding hydrogens is 342 g/mol. The third kappa shape index (κ3) is 4.18. The van der Waals surface area contributed by atoms with Crippen molar-refractivity contribution in [1.29, 1.82) is 5.26 Å². The number of carbonyl (C=O) groups excluding carboxylic acids is 1. The standard InChI is InChI=1S/C17H23N3O4S/c1-3-8-17(2,22)16(21)19-9-11-20(12-10-19)25(23,24)15-6-4-14(13-18)5-7-15/h4-7,22H,3,8-12H2,1-2H3. The lowest BCUT2D eigenvalue weighted by Gasteiger charge is -2.37. The van der Waals surface area contributed by atoms with Crippen LogP contribution in [0.4, 0.5) is 0 Å². The lowest BCUT2D eigenvalue weighted by molar-refractivity contribution is -0.151. The molecule has 1 unspecified atom stereocenters.